The average Bonchev–Trinajstić information content (AvgIpc) is 3.13. The fraction of sp³-hybridized carbons (Fsp3) is 0.167. The number of nitrogens with zero attached hydrogens (tertiary/aromatic N) is 6. The van der Waals surface area contributed by atoms with Crippen LogP contribution in [0.15, 0.2) is 43.0 Å². The van der Waals surface area contributed by atoms with E-state index >= 15 is 0 Å². The molecule has 3 heterocycles. The molecule has 0 saturated carbocycles. The minimum atomic E-state index is 0.399. The highest BCUT2D eigenvalue weighted by Gasteiger charge is 2.09. The van der Waals surface area contributed by atoms with Crippen LogP contribution in [0.2, 0.25) is 0 Å². The van der Waals surface area contributed by atoms with Gasteiger partial charge in [-0.15, -0.1) is 0 Å². The van der Waals surface area contributed by atoms with Crippen LogP contribution >= 0.6 is 0 Å². The van der Waals surface area contributed by atoms with Crippen LogP contribution in [0.3, 0.4) is 0 Å². The smallest absolute Gasteiger partial charge is 0.229 e. The zero-order chi connectivity index (χ0) is 18.8. The predicted octanol–water partition coefficient (Wildman–Crippen LogP) is 2.58. The zero-order valence-electron chi connectivity index (χ0n) is 15.0. The van der Waals surface area contributed by atoms with Crippen molar-refractivity contribution in [2.24, 2.45) is 7.05 Å². The van der Waals surface area contributed by atoms with Crippen LogP contribution in [0.1, 0.15) is 0 Å². The van der Waals surface area contributed by atoms with Gasteiger partial charge in [0.15, 0.2) is 5.65 Å². The first-order valence-electron chi connectivity index (χ1n) is 8.13. The molecule has 1 N–H and O–H groups in total. The summed E-state index contributed by atoms with van der Waals surface area (Å²) in [6.07, 6.45) is 6.92. The Morgan fingerprint density at radius 1 is 0.926 bits per heavy atom. The van der Waals surface area contributed by atoms with Gasteiger partial charge in [-0.25, -0.2) is 15.0 Å². The highest BCUT2D eigenvalue weighted by Crippen LogP contribution is 2.27. The molecule has 0 atom stereocenters. The minimum Gasteiger partial charge on any atom is -0.497 e. The molecule has 4 rings (SSSR count). The summed E-state index contributed by atoms with van der Waals surface area (Å²) < 4.78 is 12.3. The van der Waals surface area contributed by atoms with E-state index in [1.807, 2.05) is 25.4 Å². The first kappa shape index (κ1) is 16.7. The summed E-state index contributed by atoms with van der Waals surface area (Å²) in [7, 11) is 5.05. The molecule has 0 unspecified atom stereocenters. The number of nitrogens with one attached hydrogen (secondary N) is 1. The molecule has 3 aromatic heterocycles. The first-order chi connectivity index (χ1) is 13.1. The molecule has 0 radical (unpaired) electrons. The molecule has 4 aromatic rings. The summed E-state index contributed by atoms with van der Waals surface area (Å²) in [6.45, 7) is 0. The fourth-order valence-electron chi connectivity index (χ4n) is 2.57. The maximum atomic E-state index is 5.28. The van der Waals surface area contributed by atoms with Gasteiger partial charge in [-0.1, -0.05) is 0 Å². The predicted molar refractivity (Wildman–Crippen MR) is 100 cm³/mol. The van der Waals surface area contributed by atoms with Crippen LogP contribution in [0, 0.1) is 0 Å². The molecule has 0 aliphatic heterocycles. The molecule has 0 amide bonds. The number of hydrogen-bond acceptors (Lipinski definition) is 8. The average molecular weight is 363 g/mol. The van der Waals surface area contributed by atoms with Crippen LogP contribution in [0.5, 0.6) is 11.5 Å². The lowest BCUT2D eigenvalue weighted by atomic mass is 10.2. The summed E-state index contributed by atoms with van der Waals surface area (Å²) in [5.74, 6) is 1.73. The van der Waals surface area contributed by atoms with Crippen LogP contribution in [-0.4, -0.2) is 43.9 Å². The summed E-state index contributed by atoms with van der Waals surface area (Å²) in [6, 6.07) is 5.44. The Bertz CT molecular complexity index is 1090. The van der Waals surface area contributed by atoms with Crippen LogP contribution < -0.4 is 14.8 Å². The van der Waals surface area contributed by atoms with E-state index in [0.29, 0.717) is 34.3 Å². The second-order valence-electron chi connectivity index (χ2n) is 5.79. The Labute approximate surface area is 155 Å². The molecule has 1 aromatic carbocycles. The third-order valence-electron chi connectivity index (χ3n) is 3.91. The number of anilines is 2. The molecule has 9 heteroatoms. The highest BCUT2D eigenvalue weighted by molar-refractivity contribution is 5.74. The van der Waals surface area contributed by atoms with Gasteiger partial charge in [-0.2, -0.15) is 10.1 Å². The van der Waals surface area contributed by atoms with E-state index in [1.54, 1.807) is 43.6 Å². The standard InChI is InChI=1S/C18H17N7O2/c1-25-10-11(7-21-25)15-8-19-16-9-20-18(24-17(16)23-15)22-12-4-13(26-2)6-14(5-12)27-3/h4-10H,1-3H3,(H,20,22,23,24). The number of hydrogen-bond donors (Lipinski definition) is 1. The number of aromatic nitrogens is 6. The van der Waals surface area contributed by atoms with Gasteiger partial charge < -0.3 is 14.8 Å². The summed E-state index contributed by atoms with van der Waals surface area (Å²) >= 11 is 0. The van der Waals surface area contributed by atoms with E-state index in [4.69, 9.17) is 9.47 Å². The zero-order valence-corrected chi connectivity index (χ0v) is 15.0. The van der Waals surface area contributed by atoms with Crippen molar-refractivity contribution in [2.75, 3.05) is 19.5 Å². The van der Waals surface area contributed by atoms with Crippen molar-refractivity contribution in [3.63, 3.8) is 0 Å². The summed E-state index contributed by atoms with van der Waals surface area (Å²) in [4.78, 5) is 17.7. The number of methoxy groups -OCH3 is 2. The van der Waals surface area contributed by atoms with Crippen molar-refractivity contribution in [1.29, 1.82) is 0 Å². The Morgan fingerprint density at radius 3 is 2.37 bits per heavy atom. The lowest BCUT2D eigenvalue weighted by Gasteiger charge is -2.10. The quantitative estimate of drug-likeness (QED) is 0.577. The molecule has 0 aliphatic carbocycles. The third kappa shape index (κ3) is 3.47. The van der Waals surface area contributed by atoms with Gasteiger partial charge in [-0.05, 0) is 0 Å². The van der Waals surface area contributed by atoms with E-state index in [1.165, 1.54) is 0 Å². The van der Waals surface area contributed by atoms with Gasteiger partial charge in [-0.3, -0.25) is 4.68 Å². The maximum Gasteiger partial charge on any atom is 0.229 e. The molecule has 0 spiro atoms. The molecule has 27 heavy (non-hydrogen) atoms. The Kier molecular flexibility index (Phi) is 4.25. The SMILES string of the molecule is COc1cc(Nc2ncc3ncc(-c4cnn(C)c4)nc3n2)cc(OC)c1. The van der Waals surface area contributed by atoms with Gasteiger partial charge in [0.25, 0.3) is 0 Å². The van der Waals surface area contributed by atoms with E-state index in [2.05, 4.69) is 30.4 Å². The van der Waals surface area contributed by atoms with Crippen LogP contribution in [-0.2, 0) is 7.05 Å². The molecule has 136 valence electrons. The van der Waals surface area contributed by atoms with Crippen molar-refractivity contribution < 1.29 is 9.47 Å². The maximum absolute atomic E-state index is 5.28. The first-order valence-corrected chi connectivity index (χ1v) is 8.13. The van der Waals surface area contributed by atoms with Crippen molar-refractivity contribution >= 4 is 22.8 Å². The van der Waals surface area contributed by atoms with Gasteiger partial charge in [0, 0.05) is 42.7 Å². The van der Waals surface area contributed by atoms with Crippen molar-refractivity contribution in [2.45, 2.75) is 0 Å². The van der Waals surface area contributed by atoms with E-state index in [9.17, 15) is 0 Å². The minimum absolute atomic E-state index is 0.399. The lowest BCUT2D eigenvalue weighted by molar-refractivity contribution is 0.395. The van der Waals surface area contributed by atoms with Crippen LogP contribution in [0.4, 0.5) is 11.6 Å². The number of rotatable bonds is 5. The lowest BCUT2D eigenvalue weighted by Crippen LogP contribution is -2.00. The van der Waals surface area contributed by atoms with Crippen molar-refractivity contribution in [1.82, 2.24) is 29.7 Å². The Morgan fingerprint density at radius 2 is 1.70 bits per heavy atom. The van der Waals surface area contributed by atoms with E-state index < -0.39 is 0 Å². The second kappa shape index (κ2) is 6.87. The highest BCUT2D eigenvalue weighted by atomic mass is 16.5. The van der Waals surface area contributed by atoms with E-state index in [0.717, 1.165) is 11.3 Å². The molecule has 0 bridgehead atoms. The molecule has 0 saturated heterocycles. The van der Waals surface area contributed by atoms with Crippen molar-refractivity contribution in [3.05, 3.63) is 43.0 Å². The largest absolute Gasteiger partial charge is 0.497 e. The molecular formula is C18H17N7O2. The van der Waals surface area contributed by atoms with E-state index in [-0.39, 0.29) is 0 Å². The van der Waals surface area contributed by atoms with Gasteiger partial charge in [0.05, 0.1) is 38.5 Å². The topological polar surface area (TPSA) is 99.9 Å². The summed E-state index contributed by atoms with van der Waals surface area (Å²) in [5, 5.41) is 7.30. The molecule has 0 fully saturated rings. The Hall–Kier alpha value is -3.75. The second-order valence-corrected chi connectivity index (χ2v) is 5.79. The Balaban J connectivity index is 1.68. The van der Waals surface area contributed by atoms with Gasteiger partial charge in [0.2, 0.25) is 5.95 Å². The third-order valence-corrected chi connectivity index (χ3v) is 3.91. The van der Waals surface area contributed by atoms with Crippen molar-refractivity contribution in [3.8, 4) is 22.8 Å². The van der Waals surface area contributed by atoms with Gasteiger partial charge in [0.1, 0.15) is 17.0 Å². The molecule has 0 aliphatic rings. The normalized spacial score (nSPS) is 10.8. The molecular weight excluding hydrogens is 346 g/mol. The van der Waals surface area contributed by atoms with Gasteiger partial charge >= 0.3 is 0 Å². The number of ether oxygens (including phenoxy) is 2. The van der Waals surface area contributed by atoms with Crippen LogP contribution in [0.25, 0.3) is 22.4 Å². The summed E-state index contributed by atoms with van der Waals surface area (Å²) in [5.41, 5.74) is 3.41. The monoisotopic (exact) mass is 363 g/mol. The number of fused-ring (bicyclic) bond motifs is 1. The fourth-order valence-corrected chi connectivity index (χ4v) is 2.57. The number of benzene rings is 1. The molecule has 9 nitrogen and oxygen atoms in total. The number of aryl methyl sites for hydroxylation is 1.